The minimum atomic E-state index is 0.208. The van der Waals surface area contributed by atoms with Crippen LogP contribution in [0.4, 0.5) is 0 Å². The molecule has 94 valence electrons. The van der Waals surface area contributed by atoms with Crippen LogP contribution in [0.3, 0.4) is 0 Å². The Morgan fingerprint density at radius 2 is 2.19 bits per heavy atom. The highest BCUT2D eigenvalue weighted by atomic mass is 32.2. The molecular weight excluding hydrogens is 222 g/mol. The third kappa shape index (κ3) is 3.36. The van der Waals surface area contributed by atoms with Crippen molar-refractivity contribution in [2.45, 2.75) is 31.7 Å². The molecule has 2 N–H and O–H groups in total. The molecule has 0 radical (unpaired) electrons. The lowest BCUT2D eigenvalue weighted by molar-refractivity contribution is 0.121. The monoisotopic (exact) mass is 245 g/mol. The van der Waals surface area contributed by atoms with Crippen molar-refractivity contribution < 1.29 is 9.84 Å². The summed E-state index contributed by atoms with van der Waals surface area (Å²) in [5, 5.41) is 12.8. The topological polar surface area (TPSA) is 41.5 Å². The van der Waals surface area contributed by atoms with Gasteiger partial charge in [-0.3, -0.25) is 0 Å². The van der Waals surface area contributed by atoms with Crippen molar-refractivity contribution in [1.82, 2.24) is 5.32 Å². The zero-order chi connectivity index (χ0) is 11.3. The molecule has 0 aromatic heterocycles. The van der Waals surface area contributed by atoms with Gasteiger partial charge in [0.1, 0.15) is 0 Å². The summed E-state index contributed by atoms with van der Waals surface area (Å²) in [4.78, 5) is 0. The molecule has 1 atom stereocenters. The number of ether oxygens (including phenoxy) is 1. The van der Waals surface area contributed by atoms with Crippen molar-refractivity contribution in [1.29, 1.82) is 0 Å². The molecule has 0 aromatic rings. The van der Waals surface area contributed by atoms with Gasteiger partial charge in [-0.25, -0.2) is 0 Å². The van der Waals surface area contributed by atoms with E-state index in [4.69, 9.17) is 9.84 Å². The quantitative estimate of drug-likeness (QED) is 0.765. The standard InChI is InChI=1S/C12H23NO2S/c14-5-3-12(4-6-15-10-12)9-13-11-1-7-16-8-2-11/h11,13-14H,1-10H2. The molecule has 1 unspecified atom stereocenters. The van der Waals surface area contributed by atoms with Crippen LogP contribution in [0.1, 0.15) is 25.7 Å². The van der Waals surface area contributed by atoms with Crippen LogP contribution in [-0.4, -0.2) is 49.0 Å². The fourth-order valence-electron chi connectivity index (χ4n) is 2.57. The maximum absolute atomic E-state index is 9.14. The highest BCUT2D eigenvalue weighted by Gasteiger charge is 2.34. The SMILES string of the molecule is OCCC1(CNC2CCSCC2)CCOC1. The van der Waals surface area contributed by atoms with Gasteiger partial charge in [0.25, 0.3) is 0 Å². The second-order valence-corrected chi connectivity index (χ2v) is 6.27. The van der Waals surface area contributed by atoms with Gasteiger partial charge in [-0.1, -0.05) is 0 Å². The summed E-state index contributed by atoms with van der Waals surface area (Å²) < 4.78 is 5.50. The predicted molar refractivity (Wildman–Crippen MR) is 67.9 cm³/mol. The summed E-state index contributed by atoms with van der Waals surface area (Å²) in [5.41, 5.74) is 0.208. The lowest BCUT2D eigenvalue weighted by atomic mass is 9.83. The summed E-state index contributed by atoms with van der Waals surface area (Å²) in [7, 11) is 0. The average Bonchev–Trinajstić information content (AvgIpc) is 2.78. The van der Waals surface area contributed by atoms with E-state index in [-0.39, 0.29) is 12.0 Å². The Hall–Kier alpha value is 0.230. The van der Waals surface area contributed by atoms with E-state index in [2.05, 4.69) is 17.1 Å². The van der Waals surface area contributed by atoms with Crippen molar-refractivity contribution in [3.8, 4) is 0 Å². The van der Waals surface area contributed by atoms with Crippen molar-refractivity contribution in [2.75, 3.05) is 37.9 Å². The van der Waals surface area contributed by atoms with E-state index in [0.29, 0.717) is 6.04 Å². The first-order valence-corrected chi connectivity index (χ1v) is 7.50. The number of aliphatic hydroxyl groups is 1. The fraction of sp³-hybridized carbons (Fsp3) is 1.00. The minimum Gasteiger partial charge on any atom is -0.396 e. The number of thioether (sulfide) groups is 1. The van der Waals surface area contributed by atoms with Crippen LogP contribution in [0.25, 0.3) is 0 Å². The van der Waals surface area contributed by atoms with E-state index < -0.39 is 0 Å². The van der Waals surface area contributed by atoms with Gasteiger partial charge >= 0.3 is 0 Å². The van der Waals surface area contributed by atoms with Gasteiger partial charge in [0.15, 0.2) is 0 Å². The van der Waals surface area contributed by atoms with Crippen molar-refractivity contribution in [3.63, 3.8) is 0 Å². The van der Waals surface area contributed by atoms with Crippen molar-refractivity contribution >= 4 is 11.8 Å². The van der Waals surface area contributed by atoms with Gasteiger partial charge in [-0.05, 0) is 37.2 Å². The first-order valence-electron chi connectivity index (χ1n) is 6.34. The van der Waals surface area contributed by atoms with Gasteiger partial charge in [-0.15, -0.1) is 0 Å². The first-order chi connectivity index (χ1) is 7.85. The molecular formula is C12H23NO2S. The van der Waals surface area contributed by atoms with Crippen LogP contribution in [-0.2, 0) is 4.74 Å². The predicted octanol–water partition coefficient (Wildman–Crippen LogP) is 1.26. The zero-order valence-corrected chi connectivity index (χ0v) is 10.7. The Morgan fingerprint density at radius 1 is 1.38 bits per heavy atom. The van der Waals surface area contributed by atoms with Crippen LogP contribution >= 0.6 is 11.8 Å². The molecule has 0 bridgehead atoms. The zero-order valence-electron chi connectivity index (χ0n) is 9.91. The third-order valence-corrected chi connectivity index (χ3v) is 4.86. The molecule has 4 heteroatoms. The normalized spacial score (nSPS) is 32.1. The number of rotatable bonds is 5. The Kier molecular flexibility index (Phi) is 4.95. The van der Waals surface area contributed by atoms with E-state index in [9.17, 15) is 0 Å². The molecule has 0 amide bonds. The maximum Gasteiger partial charge on any atom is 0.0536 e. The molecule has 2 heterocycles. The van der Waals surface area contributed by atoms with Crippen LogP contribution in [0.5, 0.6) is 0 Å². The number of nitrogens with one attached hydrogen (secondary N) is 1. The summed E-state index contributed by atoms with van der Waals surface area (Å²) >= 11 is 2.06. The summed E-state index contributed by atoms with van der Waals surface area (Å²) in [6, 6.07) is 0.692. The summed E-state index contributed by atoms with van der Waals surface area (Å²) in [5.74, 6) is 2.59. The van der Waals surface area contributed by atoms with Gasteiger partial charge in [0.05, 0.1) is 6.61 Å². The minimum absolute atomic E-state index is 0.208. The average molecular weight is 245 g/mol. The molecule has 0 saturated carbocycles. The molecule has 2 aliphatic rings. The highest BCUT2D eigenvalue weighted by Crippen LogP contribution is 2.32. The van der Waals surface area contributed by atoms with Gasteiger partial charge in [-0.2, -0.15) is 11.8 Å². The van der Waals surface area contributed by atoms with Crippen molar-refractivity contribution in [3.05, 3.63) is 0 Å². The summed E-state index contributed by atoms with van der Waals surface area (Å²) in [6.07, 6.45) is 4.56. The maximum atomic E-state index is 9.14. The second-order valence-electron chi connectivity index (χ2n) is 5.04. The molecule has 2 saturated heterocycles. The van der Waals surface area contributed by atoms with E-state index >= 15 is 0 Å². The van der Waals surface area contributed by atoms with E-state index in [1.54, 1.807) is 0 Å². The lowest BCUT2D eigenvalue weighted by Crippen LogP contribution is -2.42. The molecule has 2 rings (SSSR count). The largest absolute Gasteiger partial charge is 0.396 e. The molecule has 0 aromatic carbocycles. The Balaban J connectivity index is 1.76. The van der Waals surface area contributed by atoms with E-state index in [0.717, 1.165) is 32.6 Å². The summed E-state index contributed by atoms with van der Waals surface area (Å²) in [6.45, 7) is 2.98. The van der Waals surface area contributed by atoms with Gasteiger partial charge in [0, 0.05) is 31.2 Å². The molecule has 16 heavy (non-hydrogen) atoms. The smallest absolute Gasteiger partial charge is 0.0536 e. The van der Waals surface area contributed by atoms with Crippen molar-refractivity contribution in [2.24, 2.45) is 5.41 Å². The number of hydrogen-bond donors (Lipinski definition) is 2. The molecule has 2 fully saturated rings. The van der Waals surface area contributed by atoms with E-state index in [1.165, 1.54) is 24.3 Å². The van der Waals surface area contributed by atoms with Gasteiger partial charge in [0.2, 0.25) is 0 Å². The molecule has 0 spiro atoms. The Bertz CT molecular complexity index is 201. The lowest BCUT2D eigenvalue weighted by Gasteiger charge is -2.31. The van der Waals surface area contributed by atoms with Gasteiger partial charge < -0.3 is 15.2 Å². The second kappa shape index (κ2) is 6.24. The van der Waals surface area contributed by atoms with Crippen LogP contribution in [0.15, 0.2) is 0 Å². The first kappa shape index (κ1) is 12.7. The number of hydrogen-bond acceptors (Lipinski definition) is 4. The van der Waals surface area contributed by atoms with Crippen LogP contribution < -0.4 is 5.32 Å². The Labute approximate surface area is 102 Å². The molecule has 0 aliphatic carbocycles. The van der Waals surface area contributed by atoms with E-state index in [1.807, 2.05) is 0 Å². The third-order valence-electron chi connectivity index (χ3n) is 3.81. The van der Waals surface area contributed by atoms with Crippen LogP contribution in [0, 0.1) is 5.41 Å². The Morgan fingerprint density at radius 3 is 2.81 bits per heavy atom. The van der Waals surface area contributed by atoms with Crippen LogP contribution in [0.2, 0.25) is 0 Å². The fourth-order valence-corrected chi connectivity index (χ4v) is 3.68. The molecule has 2 aliphatic heterocycles. The number of aliphatic hydroxyl groups excluding tert-OH is 1. The highest BCUT2D eigenvalue weighted by molar-refractivity contribution is 7.99. The molecule has 3 nitrogen and oxygen atoms in total.